The molecule has 0 radical (unpaired) electrons. The van der Waals surface area contributed by atoms with E-state index in [1.54, 1.807) is 12.4 Å². The molecule has 108 valence electrons. The monoisotopic (exact) mass is 281 g/mol. The fourth-order valence-corrected chi connectivity index (χ4v) is 1.82. The van der Waals surface area contributed by atoms with E-state index in [2.05, 4.69) is 48.0 Å². The lowest BCUT2D eigenvalue weighted by atomic mass is 10.1. The minimum absolute atomic E-state index is 0.0738. The molecule has 0 bridgehead atoms. The van der Waals surface area contributed by atoms with Crippen LogP contribution < -0.4 is 4.74 Å². The Morgan fingerprint density at radius 2 is 1.90 bits per heavy atom. The Bertz CT molecular complexity index is 624. The van der Waals surface area contributed by atoms with Crippen LogP contribution in [0.2, 0.25) is 0 Å². The van der Waals surface area contributed by atoms with Crippen LogP contribution in [-0.2, 0) is 13.0 Å². The van der Waals surface area contributed by atoms with Gasteiger partial charge in [0, 0.05) is 18.2 Å². The van der Waals surface area contributed by atoms with Crippen molar-refractivity contribution >= 4 is 0 Å². The summed E-state index contributed by atoms with van der Waals surface area (Å²) in [5, 5.41) is 8.70. The number of pyridine rings is 1. The lowest BCUT2D eigenvalue weighted by molar-refractivity contribution is 0.305. The molecule has 0 saturated carbocycles. The van der Waals surface area contributed by atoms with Gasteiger partial charge in [-0.2, -0.15) is 0 Å². The quantitative estimate of drug-likeness (QED) is 0.857. The number of hydrogen-bond donors (Lipinski definition) is 1. The lowest BCUT2D eigenvalue weighted by Gasteiger charge is -2.06. The first-order chi connectivity index (χ1) is 10.3. The molecule has 1 aromatic heterocycles. The maximum absolute atomic E-state index is 8.70. The van der Waals surface area contributed by atoms with Crippen LogP contribution in [0, 0.1) is 11.8 Å². The van der Waals surface area contributed by atoms with E-state index < -0.39 is 0 Å². The van der Waals surface area contributed by atoms with E-state index in [0.717, 1.165) is 17.5 Å². The second-order valence-electron chi connectivity index (χ2n) is 4.64. The van der Waals surface area contributed by atoms with Crippen molar-refractivity contribution in [2.75, 3.05) is 6.61 Å². The second-order valence-corrected chi connectivity index (χ2v) is 4.64. The molecule has 3 heteroatoms. The Kier molecular flexibility index (Phi) is 5.81. The Hall–Kier alpha value is -2.31. The SMILES string of the molecule is CCc1ccc(COc2cncc(C#CCCO)c2)cc1. The van der Waals surface area contributed by atoms with Crippen molar-refractivity contribution in [2.24, 2.45) is 0 Å². The fraction of sp³-hybridized carbons (Fsp3) is 0.278. The van der Waals surface area contributed by atoms with Crippen molar-refractivity contribution in [1.29, 1.82) is 0 Å². The number of benzene rings is 1. The third kappa shape index (κ3) is 4.94. The molecule has 0 atom stereocenters. The summed E-state index contributed by atoms with van der Waals surface area (Å²) in [6.07, 6.45) is 4.87. The van der Waals surface area contributed by atoms with Gasteiger partial charge >= 0.3 is 0 Å². The third-order valence-corrected chi connectivity index (χ3v) is 3.02. The summed E-state index contributed by atoms with van der Waals surface area (Å²) in [6.45, 7) is 2.73. The minimum Gasteiger partial charge on any atom is -0.487 e. The van der Waals surface area contributed by atoms with Crippen LogP contribution in [0.15, 0.2) is 42.7 Å². The van der Waals surface area contributed by atoms with E-state index in [1.165, 1.54) is 5.56 Å². The maximum Gasteiger partial charge on any atom is 0.139 e. The van der Waals surface area contributed by atoms with Gasteiger partial charge in [0.1, 0.15) is 12.4 Å². The third-order valence-electron chi connectivity index (χ3n) is 3.02. The zero-order chi connectivity index (χ0) is 14.9. The van der Waals surface area contributed by atoms with Crippen molar-refractivity contribution in [3.63, 3.8) is 0 Å². The van der Waals surface area contributed by atoms with Crippen LogP contribution in [0.3, 0.4) is 0 Å². The Balaban J connectivity index is 1.96. The van der Waals surface area contributed by atoms with E-state index in [-0.39, 0.29) is 6.61 Å². The summed E-state index contributed by atoms with van der Waals surface area (Å²) in [5.41, 5.74) is 3.24. The molecule has 0 aliphatic rings. The summed E-state index contributed by atoms with van der Waals surface area (Å²) in [6, 6.07) is 10.3. The minimum atomic E-state index is 0.0738. The van der Waals surface area contributed by atoms with Crippen molar-refractivity contribution in [1.82, 2.24) is 4.98 Å². The zero-order valence-corrected chi connectivity index (χ0v) is 12.2. The van der Waals surface area contributed by atoms with Crippen molar-refractivity contribution < 1.29 is 9.84 Å². The van der Waals surface area contributed by atoms with E-state index in [1.807, 2.05) is 6.07 Å². The van der Waals surface area contributed by atoms with Gasteiger partial charge in [0.2, 0.25) is 0 Å². The van der Waals surface area contributed by atoms with Crippen LogP contribution in [0.25, 0.3) is 0 Å². The molecule has 0 saturated heterocycles. The topological polar surface area (TPSA) is 42.4 Å². The average Bonchev–Trinajstić information content (AvgIpc) is 2.54. The van der Waals surface area contributed by atoms with Crippen LogP contribution in [0.5, 0.6) is 5.75 Å². The van der Waals surface area contributed by atoms with Gasteiger partial charge in [-0.1, -0.05) is 43.0 Å². The molecule has 1 N–H and O–H groups in total. The molecule has 2 rings (SSSR count). The van der Waals surface area contributed by atoms with Gasteiger partial charge in [-0.3, -0.25) is 4.98 Å². The van der Waals surface area contributed by atoms with Crippen LogP contribution >= 0.6 is 0 Å². The fourth-order valence-electron chi connectivity index (χ4n) is 1.82. The van der Waals surface area contributed by atoms with E-state index >= 15 is 0 Å². The predicted octanol–water partition coefficient (Wildman–Crippen LogP) is 2.96. The Morgan fingerprint density at radius 1 is 1.14 bits per heavy atom. The van der Waals surface area contributed by atoms with Gasteiger partial charge in [0.15, 0.2) is 0 Å². The maximum atomic E-state index is 8.70. The zero-order valence-electron chi connectivity index (χ0n) is 12.2. The number of aliphatic hydroxyl groups is 1. The number of rotatable bonds is 5. The van der Waals surface area contributed by atoms with Gasteiger partial charge in [0.05, 0.1) is 12.8 Å². The van der Waals surface area contributed by atoms with Crippen molar-refractivity contribution in [3.8, 4) is 17.6 Å². The number of hydrogen-bond acceptors (Lipinski definition) is 3. The largest absolute Gasteiger partial charge is 0.487 e. The first-order valence-corrected chi connectivity index (χ1v) is 7.07. The first-order valence-electron chi connectivity index (χ1n) is 7.07. The van der Waals surface area contributed by atoms with E-state index in [0.29, 0.717) is 18.8 Å². The molecule has 0 amide bonds. The summed E-state index contributed by atoms with van der Waals surface area (Å²) >= 11 is 0. The molecule has 0 spiro atoms. The molecule has 1 aromatic carbocycles. The van der Waals surface area contributed by atoms with E-state index in [9.17, 15) is 0 Å². The van der Waals surface area contributed by atoms with Gasteiger partial charge in [-0.25, -0.2) is 0 Å². The number of aromatic nitrogens is 1. The van der Waals surface area contributed by atoms with Gasteiger partial charge in [-0.15, -0.1) is 0 Å². The van der Waals surface area contributed by atoms with Gasteiger partial charge < -0.3 is 9.84 Å². The highest BCUT2D eigenvalue weighted by molar-refractivity contribution is 5.36. The highest BCUT2D eigenvalue weighted by Crippen LogP contribution is 2.13. The summed E-state index contributed by atoms with van der Waals surface area (Å²) in [4.78, 5) is 4.11. The smallest absolute Gasteiger partial charge is 0.139 e. The van der Waals surface area contributed by atoms with Crippen LogP contribution in [0.4, 0.5) is 0 Å². The standard InChI is InChI=1S/C18H19NO2/c1-2-15-6-8-16(9-7-15)14-21-18-11-17(12-19-13-18)5-3-4-10-20/h6-9,11-13,20H,2,4,10,14H2,1H3. The summed E-state index contributed by atoms with van der Waals surface area (Å²) in [5.74, 6) is 6.52. The van der Waals surface area contributed by atoms with Crippen molar-refractivity contribution in [3.05, 3.63) is 59.4 Å². The summed E-state index contributed by atoms with van der Waals surface area (Å²) in [7, 11) is 0. The van der Waals surface area contributed by atoms with Crippen LogP contribution in [-0.4, -0.2) is 16.7 Å². The van der Waals surface area contributed by atoms with Gasteiger partial charge in [-0.05, 0) is 23.6 Å². The lowest BCUT2D eigenvalue weighted by Crippen LogP contribution is -1.96. The normalized spacial score (nSPS) is 9.81. The number of aryl methyl sites for hydroxylation is 1. The van der Waals surface area contributed by atoms with E-state index in [4.69, 9.17) is 9.84 Å². The Labute approximate surface area is 125 Å². The van der Waals surface area contributed by atoms with Gasteiger partial charge in [0.25, 0.3) is 0 Å². The van der Waals surface area contributed by atoms with Crippen LogP contribution in [0.1, 0.15) is 30.0 Å². The highest BCUT2D eigenvalue weighted by Gasteiger charge is 1.98. The molecular formula is C18H19NO2. The molecule has 3 nitrogen and oxygen atoms in total. The molecule has 1 heterocycles. The molecule has 0 aliphatic heterocycles. The molecule has 0 fully saturated rings. The first kappa shape index (κ1) is 15.1. The number of aliphatic hydroxyl groups excluding tert-OH is 1. The number of nitrogens with zero attached hydrogens (tertiary/aromatic N) is 1. The highest BCUT2D eigenvalue weighted by atomic mass is 16.5. The predicted molar refractivity (Wildman–Crippen MR) is 83.0 cm³/mol. The Morgan fingerprint density at radius 3 is 2.62 bits per heavy atom. The summed E-state index contributed by atoms with van der Waals surface area (Å²) < 4.78 is 5.73. The average molecular weight is 281 g/mol. The molecule has 2 aromatic rings. The molecule has 21 heavy (non-hydrogen) atoms. The molecular weight excluding hydrogens is 262 g/mol. The van der Waals surface area contributed by atoms with Crippen molar-refractivity contribution in [2.45, 2.75) is 26.4 Å². The molecule has 0 unspecified atom stereocenters. The second kappa shape index (κ2) is 8.08. The number of ether oxygens (including phenoxy) is 1. The molecule has 0 aliphatic carbocycles.